The van der Waals surface area contributed by atoms with Gasteiger partial charge in [0.1, 0.15) is 11.5 Å². The van der Waals surface area contributed by atoms with Gasteiger partial charge in [-0.15, -0.1) is 0 Å². The van der Waals surface area contributed by atoms with Gasteiger partial charge in [-0.05, 0) is 42.7 Å². The molecule has 2 aromatic rings. The minimum atomic E-state index is -4.46. The van der Waals surface area contributed by atoms with Crippen LogP contribution in [0.3, 0.4) is 0 Å². The van der Waals surface area contributed by atoms with Crippen LogP contribution >= 0.6 is 0 Å². The van der Waals surface area contributed by atoms with Crippen molar-refractivity contribution in [3.05, 3.63) is 48.0 Å². The van der Waals surface area contributed by atoms with Crippen molar-refractivity contribution in [2.45, 2.75) is 63.2 Å². The van der Waals surface area contributed by atoms with E-state index in [1.165, 1.54) is 31.7 Å². The van der Waals surface area contributed by atoms with E-state index in [0.29, 0.717) is 17.7 Å². The molecule has 0 aliphatic carbocycles. The summed E-state index contributed by atoms with van der Waals surface area (Å²) in [5.41, 5.74) is 0.414. The first-order valence-electron chi connectivity index (χ1n) is 9.46. The molecule has 0 spiro atoms. The van der Waals surface area contributed by atoms with Crippen molar-refractivity contribution in [3.8, 4) is 17.2 Å². The number of ether oxygens (including phenoxy) is 1. The maximum Gasteiger partial charge on any atom is 1.00 e. The predicted octanol–water partition coefficient (Wildman–Crippen LogP) is 2.10. The number of hydrogen-bond acceptors (Lipinski definition) is 4. The van der Waals surface area contributed by atoms with Crippen LogP contribution in [0.15, 0.2) is 47.4 Å². The Morgan fingerprint density at radius 1 is 0.964 bits per heavy atom. The molecule has 2 aromatic carbocycles. The maximum atomic E-state index is 12.2. The topological polar surface area (TPSA) is 86.7 Å². The zero-order valence-electron chi connectivity index (χ0n) is 16.7. The zero-order valence-corrected chi connectivity index (χ0v) is 19.5. The Hall–Kier alpha value is -1.05. The Bertz CT molecular complexity index is 822. The van der Waals surface area contributed by atoms with Crippen molar-refractivity contribution in [1.82, 2.24) is 0 Å². The number of aryl methyl sites for hydroxylation is 1. The molecule has 148 valence electrons. The first-order chi connectivity index (χ1) is 12.9. The summed E-state index contributed by atoms with van der Waals surface area (Å²) >= 11 is 0. The van der Waals surface area contributed by atoms with E-state index < -0.39 is 15.9 Å². The van der Waals surface area contributed by atoms with Crippen molar-refractivity contribution in [2.24, 2.45) is 0 Å². The second-order valence-electron chi connectivity index (χ2n) is 6.67. The molecule has 0 unspecified atom stereocenters. The van der Waals surface area contributed by atoms with Crippen LogP contribution in [0.25, 0.3) is 0 Å². The third-order valence-electron chi connectivity index (χ3n) is 4.43. The van der Waals surface area contributed by atoms with Crippen LogP contribution in [0.5, 0.6) is 17.2 Å². The third-order valence-corrected chi connectivity index (χ3v) is 5.36. The Labute approximate surface area is 190 Å². The van der Waals surface area contributed by atoms with Gasteiger partial charge in [-0.25, -0.2) is 0 Å². The second-order valence-corrected chi connectivity index (χ2v) is 8.06. The molecular formula is C21H27NaO5S. The summed E-state index contributed by atoms with van der Waals surface area (Å²) in [6.45, 7) is 2.17. The summed E-state index contributed by atoms with van der Waals surface area (Å²) < 4.78 is 38.4. The van der Waals surface area contributed by atoms with E-state index >= 15 is 0 Å². The molecule has 0 radical (unpaired) electrons. The summed E-state index contributed by atoms with van der Waals surface area (Å²) in [6, 6.07) is 11.2. The Kier molecular flexibility index (Phi) is 11.2. The molecule has 2 rings (SSSR count). The fraction of sp³-hybridized carbons (Fsp3) is 0.429. The smallest absolute Gasteiger partial charge is 0.870 e. The summed E-state index contributed by atoms with van der Waals surface area (Å²) in [6.07, 6.45) is 8.14. The molecule has 0 atom stereocenters. The third kappa shape index (κ3) is 8.13. The van der Waals surface area contributed by atoms with Gasteiger partial charge in [0.05, 0.1) is 4.90 Å². The van der Waals surface area contributed by atoms with E-state index in [1.807, 2.05) is 6.07 Å². The van der Waals surface area contributed by atoms with Gasteiger partial charge in [0.15, 0.2) is 0 Å². The summed E-state index contributed by atoms with van der Waals surface area (Å²) in [7, 11) is -4.46. The van der Waals surface area contributed by atoms with E-state index in [0.717, 1.165) is 25.3 Å². The molecule has 0 heterocycles. The number of benzene rings is 2. The Balaban J connectivity index is 0.00000392. The molecule has 0 fully saturated rings. The van der Waals surface area contributed by atoms with E-state index in [2.05, 4.69) is 6.92 Å². The molecule has 1 N–H and O–H groups in total. The normalized spacial score (nSPS) is 11.1. The second kappa shape index (κ2) is 12.5. The van der Waals surface area contributed by atoms with Gasteiger partial charge in [0.25, 0.3) is 10.1 Å². The van der Waals surface area contributed by atoms with Crippen LogP contribution in [0, 0.1) is 0 Å². The Morgan fingerprint density at radius 3 is 2.18 bits per heavy atom. The van der Waals surface area contributed by atoms with Crippen molar-refractivity contribution >= 4 is 10.1 Å². The first kappa shape index (κ1) is 25.0. The van der Waals surface area contributed by atoms with Crippen LogP contribution in [-0.4, -0.2) is 13.0 Å². The fourth-order valence-electron chi connectivity index (χ4n) is 2.99. The van der Waals surface area contributed by atoms with E-state index in [9.17, 15) is 18.1 Å². The summed E-state index contributed by atoms with van der Waals surface area (Å²) in [4.78, 5) is -0.320. The SMILES string of the molecule is CCCCCCCCCc1cc(Oc2ccccc2)c([O-])cc1S(=O)(=O)O.[Na+]. The van der Waals surface area contributed by atoms with Gasteiger partial charge < -0.3 is 9.84 Å². The van der Waals surface area contributed by atoms with Crippen molar-refractivity contribution in [2.75, 3.05) is 0 Å². The van der Waals surface area contributed by atoms with Crippen LogP contribution < -0.4 is 39.4 Å². The standard InChI is InChI=1S/C21H28O5S.Na/c1-2-3-4-5-6-7-9-12-17-15-20(26-18-13-10-8-11-14-18)19(22)16-21(17)27(23,24)25;/h8,10-11,13-16,22H,2-7,9,12H2,1H3,(H,23,24,25);/q;+1/p-1. The van der Waals surface area contributed by atoms with Gasteiger partial charge in [-0.1, -0.05) is 69.4 Å². The zero-order chi connectivity index (χ0) is 19.7. The molecule has 0 aromatic heterocycles. The van der Waals surface area contributed by atoms with E-state index in [4.69, 9.17) is 4.74 Å². The minimum absolute atomic E-state index is 0. The first-order valence-corrected chi connectivity index (χ1v) is 10.9. The number of unbranched alkanes of at least 4 members (excludes halogenated alkanes) is 6. The molecule has 0 amide bonds. The molecule has 0 saturated heterocycles. The monoisotopic (exact) mass is 414 g/mol. The van der Waals surface area contributed by atoms with Gasteiger partial charge in [0.2, 0.25) is 0 Å². The molecule has 0 saturated carbocycles. The number of rotatable bonds is 11. The number of para-hydroxylation sites is 1. The van der Waals surface area contributed by atoms with Gasteiger partial charge >= 0.3 is 29.6 Å². The molecule has 28 heavy (non-hydrogen) atoms. The fourth-order valence-corrected chi connectivity index (χ4v) is 3.74. The van der Waals surface area contributed by atoms with Crippen molar-refractivity contribution in [1.29, 1.82) is 0 Å². The average Bonchev–Trinajstić information content (AvgIpc) is 2.63. The molecule has 0 aliphatic rings. The van der Waals surface area contributed by atoms with Gasteiger partial charge in [-0.3, -0.25) is 4.55 Å². The molecule has 0 bridgehead atoms. The summed E-state index contributed by atoms with van der Waals surface area (Å²) in [5, 5.41) is 12.2. The Morgan fingerprint density at radius 2 is 1.57 bits per heavy atom. The predicted molar refractivity (Wildman–Crippen MR) is 104 cm³/mol. The van der Waals surface area contributed by atoms with E-state index in [-0.39, 0.29) is 40.2 Å². The molecule has 0 aliphatic heterocycles. The molecule has 7 heteroatoms. The van der Waals surface area contributed by atoms with Gasteiger partial charge in [-0.2, -0.15) is 8.42 Å². The van der Waals surface area contributed by atoms with Crippen LogP contribution in [-0.2, 0) is 16.5 Å². The quantitative estimate of drug-likeness (QED) is 0.346. The van der Waals surface area contributed by atoms with Crippen LogP contribution in [0.1, 0.15) is 57.4 Å². The maximum absolute atomic E-state index is 12.2. The van der Waals surface area contributed by atoms with Crippen molar-refractivity contribution in [3.63, 3.8) is 0 Å². The largest absolute Gasteiger partial charge is 1.00 e. The average molecular weight is 414 g/mol. The minimum Gasteiger partial charge on any atom is -0.870 e. The van der Waals surface area contributed by atoms with Gasteiger partial charge in [0, 0.05) is 0 Å². The van der Waals surface area contributed by atoms with Crippen molar-refractivity contribution < 1.29 is 52.4 Å². The van der Waals surface area contributed by atoms with Crippen LogP contribution in [0.4, 0.5) is 0 Å². The number of hydrogen-bond donors (Lipinski definition) is 1. The van der Waals surface area contributed by atoms with E-state index in [1.54, 1.807) is 24.3 Å². The molecular weight excluding hydrogens is 387 g/mol. The molecule has 5 nitrogen and oxygen atoms in total. The summed E-state index contributed by atoms with van der Waals surface area (Å²) in [5.74, 6) is -0.0163. The van der Waals surface area contributed by atoms with Crippen LogP contribution in [0.2, 0.25) is 0 Å².